The number of hydrogen-bond donors (Lipinski definition) is 1. The molecule has 5 heteroatoms. The monoisotopic (exact) mass is 435 g/mol. The highest BCUT2D eigenvalue weighted by atomic mass is 79.9. The molecule has 0 unspecified atom stereocenters. The molecule has 28 heavy (non-hydrogen) atoms. The molecule has 1 aromatic heterocycles. The van der Waals surface area contributed by atoms with Crippen molar-refractivity contribution < 1.29 is 4.74 Å². The highest BCUT2D eigenvalue weighted by Gasteiger charge is 2.12. The van der Waals surface area contributed by atoms with Gasteiger partial charge in [0.1, 0.15) is 12.4 Å². The second-order valence-electron chi connectivity index (χ2n) is 6.80. The zero-order chi connectivity index (χ0) is 19.5. The van der Waals surface area contributed by atoms with Gasteiger partial charge in [-0.1, -0.05) is 64.0 Å². The van der Waals surface area contributed by atoms with E-state index >= 15 is 0 Å². The van der Waals surface area contributed by atoms with E-state index in [-0.39, 0.29) is 0 Å². The molecule has 0 amide bonds. The first-order chi connectivity index (χ1) is 13.6. The number of halogens is 1. The first-order valence-electron chi connectivity index (χ1n) is 9.29. The van der Waals surface area contributed by atoms with Gasteiger partial charge in [-0.15, -0.1) is 0 Å². The maximum atomic E-state index is 8.76. The topological polar surface area (TPSA) is 42.9 Å². The quantitative estimate of drug-likeness (QED) is 0.448. The number of para-hydroxylation sites is 2. The predicted molar refractivity (Wildman–Crippen MR) is 116 cm³/mol. The van der Waals surface area contributed by atoms with Gasteiger partial charge in [-0.2, -0.15) is 0 Å². The third-order valence-electron chi connectivity index (χ3n) is 4.87. The number of nitrogens with zero attached hydrogens (tertiary/aromatic N) is 2. The SMILES string of the molecule is Cc1ccc(OCCn2c(=N)n(Cc3ccccc3Br)c3ccccc32)cc1. The van der Waals surface area contributed by atoms with E-state index in [1.165, 1.54) is 5.56 Å². The number of aromatic nitrogens is 2. The maximum Gasteiger partial charge on any atom is 0.203 e. The van der Waals surface area contributed by atoms with Gasteiger partial charge < -0.3 is 13.9 Å². The van der Waals surface area contributed by atoms with Crippen LogP contribution >= 0.6 is 15.9 Å². The van der Waals surface area contributed by atoms with E-state index in [9.17, 15) is 0 Å². The summed E-state index contributed by atoms with van der Waals surface area (Å²) in [7, 11) is 0. The Labute approximate surface area is 172 Å². The molecule has 1 heterocycles. The van der Waals surface area contributed by atoms with Gasteiger partial charge in [0, 0.05) is 4.47 Å². The van der Waals surface area contributed by atoms with Crippen molar-refractivity contribution in [3.8, 4) is 5.75 Å². The summed E-state index contributed by atoms with van der Waals surface area (Å²) in [6.07, 6.45) is 0. The predicted octanol–water partition coefficient (Wildman–Crippen LogP) is 5.12. The Morgan fingerprint density at radius 2 is 1.50 bits per heavy atom. The van der Waals surface area contributed by atoms with Crippen LogP contribution < -0.4 is 10.4 Å². The number of fused-ring (bicyclic) bond motifs is 1. The third kappa shape index (κ3) is 3.76. The van der Waals surface area contributed by atoms with Crippen molar-refractivity contribution in [2.45, 2.75) is 20.0 Å². The lowest BCUT2D eigenvalue weighted by atomic mass is 10.2. The van der Waals surface area contributed by atoms with E-state index in [0.717, 1.165) is 26.8 Å². The summed E-state index contributed by atoms with van der Waals surface area (Å²) in [4.78, 5) is 0. The van der Waals surface area contributed by atoms with Crippen LogP contribution in [0.2, 0.25) is 0 Å². The summed E-state index contributed by atoms with van der Waals surface area (Å²) in [5, 5.41) is 8.76. The zero-order valence-electron chi connectivity index (χ0n) is 15.7. The van der Waals surface area contributed by atoms with Crippen molar-refractivity contribution in [2.24, 2.45) is 0 Å². The van der Waals surface area contributed by atoms with E-state index in [1.54, 1.807) is 0 Å². The molecule has 0 fully saturated rings. The molecule has 0 spiro atoms. The standard InChI is InChI=1S/C23H22BrN3O/c1-17-10-12-19(13-11-17)28-15-14-26-21-8-4-5-9-22(21)27(23(26)25)16-18-6-2-3-7-20(18)24/h2-13,25H,14-16H2,1H3. The van der Waals surface area contributed by atoms with Gasteiger partial charge in [-0.25, -0.2) is 0 Å². The van der Waals surface area contributed by atoms with E-state index in [2.05, 4.69) is 41.1 Å². The van der Waals surface area contributed by atoms with E-state index < -0.39 is 0 Å². The van der Waals surface area contributed by atoms with Crippen molar-refractivity contribution >= 4 is 27.0 Å². The molecule has 0 aliphatic heterocycles. The second kappa shape index (κ2) is 8.07. The van der Waals surface area contributed by atoms with Crippen LogP contribution in [-0.4, -0.2) is 15.7 Å². The number of benzene rings is 3. The summed E-state index contributed by atoms with van der Waals surface area (Å²) in [6.45, 7) is 3.84. The van der Waals surface area contributed by atoms with Crippen LogP contribution in [0.3, 0.4) is 0 Å². The normalized spacial score (nSPS) is 11.1. The molecule has 0 aliphatic carbocycles. The Morgan fingerprint density at radius 3 is 2.21 bits per heavy atom. The lowest BCUT2D eigenvalue weighted by molar-refractivity contribution is 0.296. The van der Waals surface area contributed by atoms with E-state index in [0.29, 0.717) is 25.3 Å². The maximum absolute atomic E-state index is 8.76. The molecule has 142 valence electrons. The van der Waals surface area contributed by atoms with Crippen LogP contribution in [0.1, 0.15) is 11.1 Å². The summed E-state index contributed by atoms with van der Waals surface area (Å²) in [5.41, 5.74) is 4.94. The molecular formula is C23H22BrN3O. The number of hydrogen-bond acceptors (Lipinski definition) is 2. The van der Waals surface area contributed by atoms with Gasteiger partial charge in [-0.05, 0) is 42.8 Å². The van der Waals surface area contributed by atoms with Crippen molar-refractivity contribution in [3.63, 3.8) is 0 Å². The molecule has 0 bridgehead atoms. The summed E-state index contributed by atoms with van der Waals surface area (Å²) in [5.74, 6) is 0.856. The van der Waals surface area contributed by atoms with Crippen molar-refractivity contribution in [1.82, 2.24) is 9.13 Å². The Kier molecular flexibility index (Phi) is 5.35. The Bertz CT molecular complexity index is 1160. The Balaban J connectivity index is 1.62. The van der Waals surface area contributed by atoms with Crippen LogP contribution in [0.15, 0.2) is 77.3 Å². The molecule has 0 aliphatic rings. The largest absolute Gasteiger partial charge is 0.492 e. The zero-order valence-corrected chi connectivity index (χ0v) is 17.3. The number of aryl methyl sites for hydroxylation is 1. The van der Waals surface area contributed by atoms with Crippen LogP contribution in [0, 0.1) is 12.3 Å². The van der Waals surface area contributed by atoms with Gasteiger partial charge in [0.05, 0.1) is 24.1 Å². The summed E-state index contributed by atoms with van der Waals surface area (Å²) >= 11 is 3.62. The van der Waals surface area contributed by atoms with Crippen LogP contribution in [-0.2, 0) is 13.1 Å². The minimum absolute atomic E-state index is 0.476. The fraction of sp³-hybridized carbons (Fsp3) is 0.174. The van der Waals surface area contributed by atoms with Gasteiger partial charge in [0.15, 0.2) is 0 Å². The number of imidazole rings is 1. The molecule has 0 saturated heterocycles. The lowest BCUT2D eigenvalue weighted by Gasteiger charge is -2.08. The van der Waals surface area contributed by atoms with Crippen LogP contribution in [0.5, 0.6) is 5.75 Å². The Morgan fingerprint density at radius 1 is 0.857 bits per heavy atom. The van der Waals surface area contributed by atoms with E-state index in [4.69, 9.17) is 10.1 Å². The smallest absolute Gasteiger partial charge is 0.203 e. The molecular weight excluding hydrogens is 414 g/mol. The van der Waals surface area contributed by atoms with Gasteiger partial charge in [-0.3, -0.25) is 5.41 Å². The third-order valence-corrected chi connectivity index (χ3v) is 5.64. The molecule has 0 radical (unpaired) electrons. The molecule has 4 rings (SSSR count). The minimum Gasteiger partial charge on any atom is -0.492 e. The summed E-state index contributed by atoms with van der Waals surface area (Å²) < 4.78 is 11.0. The van der Waals surface area contributed by atoms with Gasteiger partial charge in [0.2, 0.25) is 5.62 Å². The molecule has 0 atom stereocenters. The average molecular weight is 436 g/mol. The fourth-order valence-corrected chi connectivity index (χ4v) is 3.78. The second-order valence-corrected chi connectivity index (χ2v) is 7.66. The van der Waals surface area contributed by atoms with Crippen molar-refractivity contribution in [2.75, 3.05) is 6.61 Å². The number of ether oxygens (including phenoxy) is 1. The summed E-state index contributed by atoms with van der Waals surface area (Å²) in [6, 6.07) is 24.4. The molecule has 4 nitrogen and oxygen atoms in total. The first-order valence-corrected chi connectivity index (χ1v) is 10.1. The fourth-order valence-electron chi connectivity index (χ4n) is 3.37. The highest BCUT2D eigenvalue weighted by Crippen LogP contribution is 2.20. The van der Waals surface area contributed by atoms with Crippen LogP contribution in [0.4, 0.5) is 0 Å². The highest BCUT2D eigenvalue weighted by molar-refractivity contribution is 9.10. The lowest BCUT2D eigenvalue weighted by Crippen LogP contribution is -2.27. The molecule has 0 saturated carbocycles. The first kappa shape index (κ1) is 18.6. The Hall–Kier alpha value is -2.79. The molecule has 4 aromatic rings. The number of rotatable bonds is 6. The van der Waals surface area contributed by atoms with Crippen molar-refractivity contribution in [1.29, 1.82) is 5.41 Å². The van der Waals surface area contributed by atoms with Crippen molar-refractivity contribution in [3.05, 3.63) is 94.0 Å². The number of nitrogens with one attached hydrogen (secondary N) is 1. The minimum atomic E-state index is 0.476. The molecule has 1 N–H and O–H groups in total. The van der Waals surface area contributed by atoms with Gasteiger partial charge in [0.25, 0.3) is 0 Å². The van der Waals surface area contributed by atoms with E-state index in [1.807, 2.05) is 63.7 Å². The van der Waals surface area contributed by atoms with Gasteiger partial charge >= 0.3 is 0 Å². The van der Waals surface area contributed by atoms with Crippen LogP contribution in [0.25, 0.3) is 11.0 Å². The average Bonchev–Trinajstić information content (AvgIpc) is 2.97. The molecule has 3 aromatic carbocycles.